The van der Waals surface area contributed by atoms with Crippen LogP contribution in [0.25, 0.3) is 5.57 Å². The number of ether oxygens (including phenoxy) is 2. The number of benzene rings is 3. The molecule has 3 aromatic rings. The monoisotopic (exact) mass is 429 g/mol. The van der Waals surface area contributed by atoms with Gasteiger partial charge in [-0.05, 0) is 52.9 Å². The van der Waals surface area contributed by atoms with Gasteiger partial charge in [-0.3, -0.25) is 4.79 Å². The van der Waals surface area contributed by atoms with Crippen molar-refractivity contribution in [1.82, 2.24) is 4.90 Å². The van der Waals surface area contributed by atoms with Gasteiger partial charge >= 0.3 is 0 Å². The molecular weight excluding hydrogens is 402 g/mol. The number of carbonyl (C=O) groups excluding carboxylic acids is 1. The molecule has 4 rings (SSSR count). The fraction of sp³-hybridized carbons (Fsp3) is 0.222. The summed E-state index contributed by atoms with van der Waals surface area (Å²) in [4.78, 5) is 14.9. The second-order valence-electron chi connectivity index (χ2n) is 7.77. The zero-order chi connectivity index (χ0) is 22.7. The molecule has 0 unspecified atom stereocenters. The molecule has 1 heterocycles. The van der Waals surface area contributed by atoms with Crippen LogP contribution in [0.15, 0.2) is 78.6 Å². The van der Waals surface area contributed by atoms with Crippen LogP contribution in [0.5, 0.6) is 11.5 Å². The molecule has 0 fully saturated rings. The van der Waals surface area contributed by atoms with Crippen LogP contribution in [0.1, 0.15) is 35.2 Å². The molecule has 1 N–H and O–H groups in total. The highest BCUT2D eigenvalue weighted by atomic mass is 16.5. The predicted octanol–water partition coefficient (Wildman–Crippen LogP) is 5.32. The van der Waals surface area contributed by atoms with E-state index in [4.69, 9.17) is 9.47 Å². The van der Waals surface area contributed by atoms with Gasteiger partial charge in [-0.25, -0.2) is 0 Å². The molecule has 0 saturated heterocycles. The van der Waals surface area contributed by atoms with E-state index < -0.39 is 6.04 Å². The fourth-order valence-corrected chi connectivity index (χ4v) is 4.09. The Balaban J connectivity index is 1.76. The molecule has 3 aromatic carbocycles. The first-order chi connectivity index (χ1) is 15.5. The van der Waals surface area contributed by atoms with Crippen LogP contribution in [0.4, 0.5) is 0 Å². The van der Waals surface area contributed by atoms with Gasteiger partial charge in [0, 0.05) is 12.1 Å². The molecule has 0 bridgehead atoms. The summed E-state index contributed by atoms with van der Waals surface area (Å²) in [5.74, 6) is 0.884. The number of hydrogen-bond donors (Lipinski definition) is 1. The Hall–Kier alpha value is -3.73. The van der Waals surface area contributed by atoms with E-state index in [0.29, 0.717) is 12.1 Å². The molecule has 1 amide bonds. The zero-order valence-corrected chi connectivity index (χ0v) is 18.5. The first-order valence-corrected chi connectivity index (χ1v) is 10.7. The van der Waals surface area contributed by atoms with Crippen LogP contribution >= 0.6 is 0 Å². The highest BCUT2D eigenvalue weighted by Gasteiger charge is 2.41. The number of amides is 1. The SMILES string of the molecule is CCc1ccc([C@H]2C(c3ccc(OC)cc3)=C(O)C(=O)N2Cc2ccc(OC)cc2)cc1. The van der Waals surface area contributed by atoms with Crippen LogP contribution in [0, 0.1) is 0 Å². The Morgan fingerprint density at radius 2 is 1.34 bits per heavy atom. The van der Waals surface area contributed by atoms with Crippen molar-refractivity contribution >= 4 is 11.5 Å². The lowest BCUT2D eigenvalue weighted by atomic mass is 9.92. The molecular formula is C27H27NO4. The van der Waals surface area contributed by atoms with Crippen molar-refractivity contribution in [3.8, 4) is 11.5 Å². The minimum Gasteiger partial charge on any atom is -0.503 e. The molecule has 1 aliphatic rings. The van der Waals surface area contributed by atoms with Crippen molar-refractivity contribution in [3.05, 3.63) is 101 Å². The third kappa shape index (κ3) is 4.06. The molecule has 1 aliphatic heterocycles. The Morgan fingerprint density at radius 1 is 0.812 bits per heavy atom. The Morgan fingerprint density at radius 3 is 1.88 bits per heavy atom. The normalized spacial score (nSPS) is 15.9. The Kier molecular flexibility index (Phi) is 6.17. The molecule has 32 heavy (non-hydrogen) atoms. The van der Waals surface area contributed by atoms with Crippen molar-refractivity contribution in [2.24, 2.45) is 0 Å². The third-order valence-electron chi connectivity index (χ3n) is 5.92. The highest BCUT2D eigenvalue weighted by molar-refractivity contribution is 6.05. The van der Waals surface area contributed by atoms with E-state index in [0.717, 1.165) is 34.6 Å². The predicted molar refractivity (Wildman–Crippen MR) is 125 cm³/mol. The summed E-state index contributed by atoms with van der Waals surface area (Å²) in [5, 5.41) is 10.9. The van der Waals surface area contributed by atoms with Gasteiger partial charge in [0.1, 0.15) is 11.5 Å². The lowest BCUT2D eigenvalue weighted by Gasteiger charge is -2.28. The molecule has 0 saturated carbocycles. The maximum atomic E-state index is 13.2. The molecule has 0 aliphatic carbocycles. The number of methoxy groups -OCH3 is 2. The molecule has 0 aromatic heterocycles. The third-order valence-corrected chi connectivity index (χ3v) is 5.92. The number of rotatable bonds is 7. The van der Waals surface area contributed by atoms with Crippen molar-refractivity contribution in [2.45, 2.75) is 25.9 Å². The average molecular weight is 430 g/mol. The molecule has 0 spiro atoms. The summed E-state index contributed by atoms with van der Waals surface area (Å²) in [6.45, 7) is 2.48. The van der Waals surface area contributed by atoms with E-state index in [1.165, 1.54) is 5.56 Å². The summed E-state index contributed by atoms with van der Waals surface area (Å²) in [7, 11) is 3.23. The zero-order valence-electron chi connectivity index (χ0n) is 18.5. The Bertz CT molecular complexity index is 1120. The number of aryl methyl sites for hydroxylation is 1. The lowest BCUT2D eigenvalue weighted by Crippen LogP contribution is -2.29. The van der Waals surface area contributed by atoms with Gasteiger partial charge in [0.2, 0.25) is 0 Å². The van der Waals surface area contributed by atoms with E-state index in [1.807, 2.05) is 60.7 Å². The quantitative estimate of drug-likeness (QED) is 0.552. The smallest absolute Gasteiger partial charge is 0.290 e. The van der Waals surface area contributed by atoms with E-state index in [2.05, 4.69) is 19.1 Å². The number of hydrogen-bond acceptors (Lipinski definition) is 4. The summed E-state index contributed by atoms with van der Waals surface area (Å²) in [6, 6.07) is 22.9. The van der Waals surface area contributed by atoms with Crippen molar-refractivity contribution in [1.29, 1.82) is 0 Å². The van der Waals surface area contributed by atoms with E-state index in [-0.39, 0.29) is 11.7 Å². The first-order valence-electron chi connectivity index (χ1n) is 10.7. The van der Waals surface area contributed by atoms with Gasteiger partial charge in [0.05, 0.1) is 20.3 Å². The second kappa shape index (κ2) is 9.18. The summed E-state index contributed by atoms with van der Waals surface area (Å²) in [6.07, 6.45) is 0.936. The lowest BCUT2D eigenvalue weighted by molar-refractivity contribution is -0.130. The number of aliphatic hydroxyl groups is 1. The molecule has 1 atom stereocenters. The van der Waals surface area contributed by atoms with Gasteiger partial charge in [-0.15, -0.1) is 0 Å². The maximum absolute atomic E-state index is 13.2. The largest absolute Gasteiger partial charge is 0.503 e. The average Bonchev–Trinajstić information content (AvgIpc) is 3.09. The topological polar surface area (TPSA) is 59.0 Å². The first kappa shape index (κ1) is 21.5. The Labute approximate surface area is 188 Å². The van der Waals surface area contributed by atoms with Crippen molar-refractivity contribution in [3.63, 3.8) is 0 Å². The van der Waals surface area contributed by atoms with Crippen LogP contribution in [0.3, 0.4) is 0 Å². The minimum atomic E-state index is -0.399. The van der Waals surface area contributed by atoms with Gasteiger partial charge < -0.3 is 19.5 Å². The highest BCUT2D eigenvalue weighted by Crippen LogP contribution is 2.44. The number of carbonyl (C=O) groups is 1. The summed E-state index contributed by atoms with van der Waals surface area (Å²) in [5.41, 5.74) is 4.53. The van der Waals surface area contributed by atoms with E-state index >= 15 is 0 Å². The van der Waals surface area contributed by atoms with Gasteiger partial charge in [0.15, 0.2) is 5.76 Å². The van der Waals surface area contributed by atoms with Crippen molar-refractivity contribution in [2.75, 3.05) is 14.2 Å². The van der Waals surface area contributed by atoms with Crippen molar-refractivity contribution < 1.29 is 19.4 Å². The standard InChI is InChI=1S/C27H27NO4/c1-4-18-5-9-21(10-6-18)25-24(20-11-15-23(32-3)16-12-20)26(29)27(30)28(25)17-19-7-13-22(31-2)14-8-19/h5-16,25,29H,4,17H2,1-3H3/t25-/m0/s1. The maximum Gasteiger partial charge on any atom is 0.290 e. The van der Waals surface area contributed by atoms with Crippen LogP contribution < -0.4 is 9.47 Å². The van der Waals surface area contributed by atoms with Gasteiger partial charge in [0.25, 0.3) is 5.91 Å². The van der Waals surface area contributed by atoms with Crippen LogP contribution in [-0.2, 0) is 17.8 Å². The van der Waals surface area contributed by atoms with E-state index in [9.17, 15) is 9.90 Å². The number of aliphatic hydroxyl groups excluding tert-OH is 1. The van der Waals surface area contributed by atoms with Gasteiger partial charge in [-0.1, -0.05) is 55.5 Å². The molecule has 164 valence electrons. The molecule has 5 heteroatoms. The second-order valence-corrected chi connectivity index (χ2v) is 7.77. The van der Waals surface area contributed by atoms with Crippen LogP contribution in [0.2, 0.25) is 0 Å². The van der Waals surface area contributed by atoms with Crippen LogP contribution in [-0.4, -0.2) is 30.1 Å². The summed E-state index contributed by atoms with van der Waals surface area (Å²) >= 11 is 0. The van der Waals surface area contributed by atoms with E-state index in [1.54, 1.807) is 19.1 Å². The molecule has 0 radical (unpaired) electrons. The van der Waals surface area contributed by atoms with Gasteiger partial charge in [-0.2, -0.15) is 0 Å². The molecule has 5 nitrogen and oxygen atoms in total. The summed E-state index contributed by atoms with van der Waals surface area (Å²) < 4.78 is 10.5. The number of nitrogens with zero attached hydrogens (tertiary/aromatic N) is 1. The minimum absolute atomic E-state index is 0.215. The fourth-order valence-electron chi connectivity index (χ4n) is 4.09.